The Bertz CT molecular complexity index is 896. The summed E-state index contributed by atoms with van der Waals surface area (Å²) in [6.07, 6.45) is 0. The third kappa shape index (κ3) is 3.88. The minimum absolute atomic E-state index is 0.0933. The van der Waals surface area contributed by atoms with Crippen LogP contribution in [0.2, 0.25) is 0 Å². The smallest absolute Gasteiger partial charge is 0.159 e. The molecular formula is C24H24O. The number of Topliss-reactive ketones (excluding diaryl/α,β-unsaturated/α-hetero) is 1. The van der Waals surface area contributed by atoms with Crippen LogP contribution < -0.4 is 0 Å². The third-order valence-corrected chi connectivity index (χ3v) is 4.55. The molecule has 0 saturated carbocycles. The first-order valence-corrected chi connectivity index (χ1v) is 8.67. The molecule has 0 aliphatic rings. The summed E-state index contributed by atoms with van der Waals surface area (Å²) in [7, 11) is 0. The summed E-state index contributed by atoms with van der Waals surface area (Å²) in [5.74, 6) is 0.0933. The summed E-state index contributed by atoms with van der Waals surface area (Å²) < 4.78 is 0. The molecule has 0 heterocycles. The second kappa shape index (κ2) is 6.68. The van der Waals surface area contributed by atoms with Gasteiger partial charge in [0.05, 0.1) is 0 Å². The highest BCUT2D eigenvalue weighted by atomic mass is 16.1. The number of rotatable bonds is 3. The lowest BCUT2D eigenvalue weighted by Crippen LogP contribution is -2.10. The lowest BCUT2D eigenvalue weighted by atomic mass is 9.86. The Morgan fingerprint density at radius 1 is 0.680 bits per heavy atom. The van der Waals surface area contributed by atoms with Crippen LogP contribution in [0.3, 0.4) is 0 Å². The van der Waals surface area contributed by atoms with Crippen molar-refractivity contribution in [1.82, 2.24) is 0 Å². The van der Waals surface area contributed by atoms with Gasteiger partial charge in [-0.3, -0.25) is 4.79 Å². The van der Waals surface area contributed by atoms with E-state index in [0.717, 1.165) is 16.7 Å². The van der Waals surface area contributed by atoms with Crippen molar-refractivity contribution in [2.24, 2.45) is 0 Å². The Balaban J connectivity index is 1.97. The van der Waals surface area contributed by atoms with E-state index in [4.69, 9.17) is 0 Å². The fourth-order valence-corrected chi connectivity index (χ4v) is 2.96. The van der Waals surface area contributed by atoms with E-state index in [1.165, 1.54) is 16.7 Å². The molecule has 3 aromatic carbocycles. The molecule has 0 unspecified atom stereocenters. The minimum atomic E-state index is 0.0933. The predicted molar refractivity (Wildman–Crippen MR) is 106 cm³/mol. The highest BCUT2D eigenvalue weighted by Gasteiger charge is 2.13. The van der Waals surface area contributed by atoms with Crippen molar-refractivity contribution >= 4 is 5.78 Å². The van der Waals surface area contributed by atoms with Crippen molar-refractivity contribution in [3.05, 3.63) is 83.9 Å². The molecule has 0 saturated heterocycles. The Morgan fingerprint density at radius 2 is 1.20 bits per heavy atom. The zero-order valence-corrected chi connectivity index (χ0v) is 15.3. The molecule has 3 rings (SSSR count). The van der Waals surface area contributed by atoms with Gasteiger partial charge in [0.1, 0.15) is 0 Å². The average molecular weight is 328 g/mol. The SMILES string of the molecule is CC(=O)c1cccc(-c2cccc(-c3ccc(C(C)(C)C)cc3)c2)c1. The van der Waals surface area contributed by atoms with E-state index in [1.807, 2.05) is 24.3 Å². The van der Waals surface area contributed by atoms with Crippen LogP contribution in [0.4, 0.5) is 0 Å². The van der Waals surface area contributed by atoms with Gasteiger partial charge >= 0.3 is 0 Å². The molecule has 0 bridgehead atoms. The molecule has 0 amide bonds. The summed E-state index contributed by atoms with van der Waals surface area (Å²) in [5, 5.41) is 0. The fraction of sp³-hybridized carbons (Fsp3) is 0.208. The average Bonchev–Trinajstić information content (AvgIpc) is 2.61. The second-order valence-corrected chi connectivity index (χ2v) is 7.55. The summed E-state index contributed by atoms with van der Waals surface area (Å²) in [6.45, 7) is 8.28. The number of carbonyl (C=O) groups excluding carboxylic acids is 1. The number of ketones is 1. The van der Waals surface area contributed by atoms with Gasteiger partial charge in [0.2, 0.25) is 0 Å². The number of carbonyl (C=O) groups is 1. The van der Waals surface area contributed by atoms with Crippen LogP contribution in [0.15, 0.2) is 72.8 Å². The van der Waals surface area contributed by atoms with Gasteiger partial charge < -0.3 is 0 Å². The lowest BCUT2D eigenvalue weighted by molar-refractivity contribution is 0.101. The largest absolute Gasteiger partial charge is 0.295 e. The quantitative estimate of drug-likeness (QED) is 0.500. The number of benzene rings is 3. The van der Waals surface area contributed by atoms with Crippen LogP contribution in [-0.4, -0.2) is 5.78 Å². The van der Waals surface area contributed by atoms with Crippen molar-refractivity contribution < 1.29 is 4.79 Å². The van der Waals surface area contributed by atoms with Gasteiger partial charge in [0.15, 0.2) is 5.78 Å². The Morgan fingerprint density at radius 3 is 1.76 bits per heavy atom. The number of hydrogen-bond donors (Lipinski definition) is 0. The molecule has 126 valence electrons. The van der Waals surface area contributed by atoms with Gasteiger partial charge in [-0.15, -0.1) is 0 Å². The Labute approximate surface area is 150 Å². The monoisotopic (exact) mass is 328 g/mol. The minimum Gasteiger partial charge on any atom is -0.295 e. The molecule has 0 radical (unpaired) electrons. The van der Waals surface area contributed by atoms with Crippen LogP contribution in [0.25, 0.3) is 22.3 Å². The molecule has 0 fully saturated rings. The first kappa shape index (κ1) is 17.2. The molecule has 1 nitrogen and oxygen atoms in total. The summed E-state index contributed by atoms with van der Waals surface area (Å²) in [6, 6.07) is 25.1. The van der Waals surface area contributed by atoms with Gasteiger partial charge in [-0.1, -0.05) is 81.4 Å². The van der Waals surface area contributed by atoms with Gasteiger partial charge in [-0.05, 0) is 52.3 Å². The molecular weight excluding hydrogens is 304 g/mol. The maximum Gasteiger partial charge on any atom is 0.159 e. The highest BCUT2D eigenvalue weighted by molar-refractivity contribution is 5.95. The first-order chi connectivity index (χ1) is 11.8. The molecule has 0 N–H and O–H groups in total. The normalized spacial score (nSPS) is 11.4. The molecule has 3 aromatic rings. The van der Waals surface area contributed by atoms with Crippen LogP contribution in [-0.2, 0) is 5.41 Å². The fourth-order valence-electron chi connectivity index (χ4n) is 2.96. The molecule has 0 aliphatic carbocycles. The zero-order valence-electron chi connectivity index (χ0n) is 15.3. The third-order valence-electron chi connectivity index (χ3n) is 4.55. The summed E-state index contributed by atoms with van der Waals surface area (Å²) in [4.78, 5) is 11.6. The van der Waals surface area contributed by atoms with Gasteiger partial charge in [-0.25, -0.2) is 0 Å². The van der Waals surface area contributed by atoms with E-state index in [9.17, 15) is 4.79 Å². The summed E-state index contributed by atoms with van der Waals surface area (Å²) in [5.41, 5.74) is 6.83. The Hall–Kier alpha value is -2.67. The van der Waals surface area contributed by atoms with E-state index in [0.29, 0.717) is 0 Å². The van der Waals surface area contributed by atoms with Crippen molar-refractivity contribution in [3.8, 4) is 22.3 Å². The number of hydrogen-bond acceptors (Lipinski definition) is 1. The summed E-state index contributed by atoms with van der Waals surface area (Å²) >= 11 is 0. The second-order valence-electron chi connectivity index (χ2n) is 7.55. The van der Waals surface area contributed by atoms with Crippen LogP contribution >= 0.6 is 0 Å². The van der Waals surface area contributed by atoms with Gasteiger partial charge in [-0.2, -0.15) is 0 Å². The van der Waals surface area contributed by atoms with Gasteiger partial charge in [0.25, 0.3) is 0 Å². The zero-order chi connectivity index (χ0) is 18.0. The van der Waals surface area contributed by atoms with Crippen LogP contribution in [0, 0.1) is 0 Å². The van der Waals surface area contributed by atoms with Gasteiger partial charge in [0, 0.05) is 5.56 Å². The van der Waals surface area contributed by atoms with Crippen molar-refractivity contribution in [3.63, 3.8) is 0 Å². The maximum absolute atomic E-state index is 11.6. The molecule has 25 heavy (non-hydrogen) atoms. The molecule has 0 atom stereocenters. The molecule has 1 heteroatoms. The molecule has 0 aromatic heterocycles. The Kier molecular flexibility index (Phi) is 4.59. The van der Waals surface area contributed by atoms with Crippen molar-refractivity contribution in [2.75, 3.05) is 0 Å². The van der Waals surface area contributed by atoms with E-state index >= 15 is 0 Å². The van der Waals surface area contributed by atoms with Crippen LogP contribution in [0.5, 0.6) is 0 Å². The topological polar surface area (TPSA) is 17.1 Å². The maximum atomic E-state index is 11.6. The van der Waals surface area contributed by atoms with E-state index in [-0.39, 0.29) is 11.2 Å². The van der Waals surface area contributed by atoms with Crippen molar-refractivity contribution in [2.45, 2.75) is 33.1 Å². The van der Waals surface area contributed by atoms with E-state index in [2.05, 4.69) is 69.3 Å². The standard InChI is InChI=1S/C24H24O/c1-17(25)19-7-5-9-21(15-19)22-10-6-8-20(16-22)18-11-13-23(14-12-18)24(2,3)4/h5-16H,1-4H3. The lowest BCUT2D eigenvalue weighted by Gasteiger charge is -2.19. The highest BCUT2D eigenvalue weighted by Crippen LogP contribution is 2.29. The van der Waals surface area contributed by atoms with Crippen molar-refractivity contribution in [1.29, 1.82) is 0 Å². The van der Waals surface area contributed by atoms with E-state index < -0.39 is 0 Å². The van der Waals surface area contributed by atoms with Crippen LogP contribution in [0.1, 0.15) is 43.6 Å². The molecule has 0 spiro atoms. The predicted octanol–water partition coefficient (Wildman–Crippen LogP) is 6.52. The first-order valence-electron chi connectivity index (χ1n) is 8.67. The van der Waals surface area contributed by atoms with E-state index in [1.54, 1.807) is 6.92 Å². The molecule has 0 aliphatic heterocycles.